The Balaban J connectivity index is 1.71. The molecule has 1 aromatic heterocycles. The van der Waals surface area contributed by atoms with E-state index in [1.165, 1.54) is 16.4 Å². The van der Waals surface area contributed by atoms with Crippen LogP contribution in [-0.2, 0) is 23.0 Å². The van der Waals surface area contributed by atoms with Crippen LogP contribution in [0.1, 0.15) is 11.1 Å². The minimum absolute atomic E-state index is 0.0316. The fraction of sp³-hybridized carbons (Fsp3) is 0.160. The maximum atomic E-state index is 13.4. The summed E-state index contributed by atoms with van der Waals surface area (Å²) in [6.07, 6.45) is 0.459. The van der Waals surface area contributed by atoms with Gasteiger partial charge in [-0.25, -0.2) is 12.8 Å². The number of nitrogens with one attached hydrogen (secondary N) is 1. The lowest BCUT2D eigenvalue weighted by Gasteiger charge is -2.22. The van der Waals surface area contributed by atoms with Crippen LogP contribution in [0.3, 0.4) is 0 Å². The van der Waals surface area contributed by atoms with Crippen molar-refractivity contribution >= 4 is 20.9 Å². The van der Waals surface area contributed by atoms with Crippen LogP contribution in [-0.4, -0.2) is 31.4 Å². The SMILES string of the molecule is COc1ccc2[nH]c(=O)c(CN(CCc3ccccc3)S(=O)(=O)c3ccc(F)cc3)cc2c1. The zero-order valence-electron chi connectivity index (χ0n) is 18.0. The third kappa shape index (κ3) is 5.13. The monoisotopic (exact) mass is 466 g/mol. The zero-order valence-corrected chi connectivity index (χ0v) is 18.8. The number of methoxy groups -OCH3 is 1. The van der Waals surface area contributed by atoms with Gasteiger partial charge < -0.3 is 9.72 Å². The topological polar surface area (TPSA) is 79.5 Å². The molecule has 0 aliphatic heterocycles. The lowest BCUT2D eigenvalue weighted by Crippen LogP contribution is -2.34. The number of benzene rings is 3. The quantitative estimate of drug-likeness (QED) is 0.424. The molecule has 4 aromatic rings. The summed E-state index contributed by atoms with van der Waals surface area (Å²) in [5.74, 6) is 0.102. The Hall–Kier alpha value is -3.49. The molecule has 0 fully saturated rings. The lowest BCUT2D eigenvalue weighted by molar-refractivity contribution is 0.408. The molecule has 8 heteroatoms. The summed E-state index contributed by atoms with van der Waals surface area (Å²) in [6, 6.07) is 21.1. The molecule has 0 bridgehead atoms. The molecule has 0 saturated heterocycles. The molecule has 0 amide bonds. The zero-order chi connectivity index (χ0) is 23.4. The van der Waals surface area contributed by atoms with Gasteiger partial charge in [0.25, 0.3) is 5.56 Å². The van der Waals surface area contributed by atoms with Gasteiger partial charge in [-0.2, -0.15) is 4.31 Å². The molecule has 170 valence electrons. The first kappa shape index (κ1) is 22.7. The van der Waals surface area contributed by atoms with Gasteiger partial charge in [-0.05, 0) is 60.5 Å². The highest BCUT2D eigenvalue weighted by Crippen LogP contribution is 2.22. The van der Waals surface area contributed by atoms with Crippen LogP contribution in [0, 0.1) is 5.82 Å². The predicted octanol–water partition coefficient (Wildman–Crippen LogP) is 4.11. The van der Waals surface area contributed by atoms with Crippen LogP contribution < -0.4 is 10.3 Å². The van der Waals surface area contributed by atoms with Crippen LogP contribution in [0.5, 0.6) is 5.75 Å². The Bertz CT molecular complexity index is 1420. The summed E-state index contributed by atoms with van der Waals surface area (Å²) in [6.45, 7) is 0.0222. The van der Waals surface area contributed by atoms with Crippen molar-refractivity contribution in [1.82, 2.24) is 9.29 Å². The third-order valence-corrected chi connectivity index (χ3v) is 7.28. The second-order valence-corrected chi connectivity index (χ2v) is 9.54. The molecule has 3 aromatic carbocycles. The van der Waals surface area contributed by atoms with Crippen molar-refractivity contribution in [1.29, 1.82) is 0 Å². The lowest BCUT2D eigenvalue weighted by atomic mass is 10.1. The van der Waals surface area contributed by atoms with E-state index in [4.69, 9.17) is 4.74 Å². The second kappa shape index (κ2) is 9.56. The van der Waals surface area contributed by atoms with Crippen molar-refractivity contribution in [2.75, 3.05) is 13.7 Å². The normalized spacial score (nSPS) is 11.7. The molecule has 0 spiro atoms. The van der Waals surface area contributed by atoms with Crippen LogP contribution in [0.4, 0.5) is 4.39 Å². The number of sulfonamides is 1. The molecular formula is C25H23FN2O4S. The summed E-state index contributed by atoms with van der Waals surface area (Å²) < 4.78 is 46.7. The van der Waals surface area contributed by atoms with E-state index in [1.54, 1.807) is 31.4 Å². The fourth-order valence-electron chi connectivity index (χ4n) is 3.60. The van der Waals surface area contributed by atoms with Crippen molar-refractivity contribution < 1.29 is 17.5 Å². The van der Waals surface area contributed by atoms with E-state index in [0.29, 0.717) is 23.3 Å². The van der Waals surface area contributed by atoms with Crippen LogP contribution in [0.25, 0.3) is 10.9 Å². The smallest absolute Gasteiger partial charge is 0.252 e. The molecular weight excluding hydrogens is 443 g/mol. The van der Waals surface area contributed by atoms with Gasteiger partial charge in [0.05, 0.1) is 12.0 Å². The summed E-state index contributed by atoms with van der Waals surface area (Å²) in [7, 11) is -2.43. The number of halogens is 1. The second-order valence-electron chi connectivity index (χ2n) is 7.60. The van der Waals surface area contributed by atoms with Crippen LogP contribution in [0.2, 0.25) is 0 Å². The van der Waals surface area contributed by atoms with E-state index in [2.05, 4.69) is 4.98 Å². The minimum Gasteiger partial charge on any atom is -0.497 e. The van der Waals surface area contributed by atoms with E-state index >= 15 is 0 Å². The van der Waals surface area contributed by atoms with Gasteiger partial charge in [-0.15, -0.1) is 0 Å². The van der Waals surface area contributed by atoms with Gasteiger partial charge in [-0.3, -0.25) is 4.79 Å². The third-order valence-electron chi connectivity index (χ3n) is 5.42. The van der Waals surface area contributed by atoms with E-state index < -0.39 is 15.8 Å². The molecule has 33 heavy (non-hydrogen) atoms. The van der Waals surface area contributed by atoms with Crippen LogP contribution >= 0.6 is 0 Å². The molecule has 1 N–H and O–H groups in total. The number of H-pyrrole nitrogens is 1. The number of ether oxygens (including phenoxy) is 1. The highest BCUT2D eigenvalue weighted by molar-refractivity contribution is 7.89. The van der Waals surface area contributed by atoms with Gasteiger partial charge in [0.1, 0.15) is 11.6 Å². The number of aromatic nitrogens is 1. The van der Waals surface area contributed by atoms with Crippen molar-refractivity contribution in [3.63, 3.8) is 0 Å². The van der Waals surface area contributed by atoms with E-state index in [9.17, 15) is 17.6 Å². The molecule has 6 nitrogen and oxygen atoms in total. The number of nitrogens with zero attached hydrogens (tertiary/aromatic N) is 1. The first-order valence-corrected chi connectivity index (χ1v) is 11.8. The summed E-state index contributed by atoms with van der Waals surface area (Å²) in [4.78, 5) is 15.5. The van der Waals surface area contributed by atoms with Crippen LogP contribution in [0.15, 0.2) is 88.6 Å². The minimum atomic E-state index is -3.98. The fourth-order valence-corrected chi connectivity index (χ4v) is 5.02. The number of fused-ring (bicyclic) bond motifs is 1. The molecule has 0 unspecified atom stereocenters. The number of pyridine rings is 1. The summed E-state index contributed by atoms with van der Waals surface area (Å²) >= 11 is 0. The van der Waals surface area contributed by atoms with Crippen molar-refractivity contribution in [2.45, 2.75) is 17.9 Å². The van der Waals surface area contributed by atoms with Gasteiger partial charge in [0, 0.05) is 29.6 Å². The molecule has 0 aliphatic carbocycles. The molecule has 0 aliphatic rings. The van der Waals surface area contributed by atoms with E-state index in [1.807, 2.05) is 30.3 Å². The van der Waals surface area contributed by atoms with E-state index in [-0.39, 0.29) is 23.5 Å². The Kier molecular flexibility index (Phi) is 6.57. The first-order valence-electron chi connectivity index (χ1n) is 10.4. The van der Waals surface area contributed by atoms with Crippen molar-refractivity contribution in [3.8, 4) is 5.75 Å². The molecule has 4 rings (SSSR count). The highest BCUT2D eigenvalue weighted by atomic mass is 32.2. The number of aromatic amines is 1. The number of hydrogen-bond donors (Lipinski definition) is 1. The Morgan fingerprint density at radius 2 is 1.70 bits per heavy atom. The highest BCUT2D eigenvalue weighted by Gasteiger charge is 2.25. The number of hydrogen-bond acceptors (Lipinski definition) is 4. The van der Waals surface area contributed by atoms with Crippen molar-refractivity contribution in [3.05, 3.63) is 106 Å². The van der Waals surface area contributed by atoms with Gasteiger partial charge in [0.2, 0.25) is 10.0 Å². The van der Waals surface area contributed by atoms with Gasteiger partial charge in [-0.1, -0.05) is 30.3 Å². The molecule has 1 heterocycles. The molecule has 0 radical (unpaired) electrons. The summed E-state index contributed by atoms with van der Waals surface area (Å²) in [5, 5.41) is 0.728. The van der Waals surface area contributed by atoms with Crippen molar-refractivity contribution in [2.24, 2.45) is 0 Å². The Labute approximate surface area is 191 Å². The first-order chi connectivity index (χ1) is 15.9. The Morgan fingerprint density at radius 1 is 0.970 bits per heavy atom. The maximum absolute atomic E-state index is 13.4. The number of rotatable bonds is 8. The summed E-state index contributed by atoms with van der Waals surface area (Å²) in [5.41, 5.74) is 1.52. The predicted molar refractivity (Wildman–Crippen MR) is 125 cm³/mol. The van der Waals surface area contributed by atoms with Gasteiger partial charge >= 0.3 is 0 Å². The van der Waals surface area contributed by atoms with Gasteiger partial charge in [0.15, 0.2) is 0 Å². The van der Waals surface area contributed by atoms with E-state index in [0.717, 1.165) is 23.1 Å². The average molecular weight is 467 g/mol. The standard InChI is InChI=1S/C25H23FN2O4S/c1-32-22-9-12-24-19(16-22)15-20(25(29)27-24)17-28(14-13-18-5-3-2-4-6-18)33(30,31)23-10-7-21(26)8-11-23/h2-12,15-16H,13-14,17H2,1H3,(H,27,29). The molecule has 0 atom stereocenters. The molecule has 0 saturated carbocycles. The average Bonchev–Trinajstić information content (AvgIpc) is 2.82. The maximum Gasteiger partial charge on any atom is 0.252 e. The largest absolute Gasteiger partial charge is 0.497 e. The Morgan fingerprint density at radius 3 is 2.39 bits per heavy atom.